The summed E-state index contributed by atoms with van der Waals surface area (Å²) in [4.78, 5) is 27.3. The number of alkyl halides is 3. The summed E-state index contributed by atoms with van der Waals surface area (Å²) in [5.74, 6) is -1.46. The Bertz CT molecular complexity index is 858. The molecule has 0 saturated carbocycles. The number of halogens is 3. The number of para-hydroxylation sites is 1. The number of carbonyl (C=O) groups is 2. The van der Waals surface area contributed by atoms with Crippen LogP contribution in [0.15, 0.2) is 36.4 Å². The van der Waals surface area contributed by atoms with Gasteiger partial charge in [-0.3, -0.25) is 14.5 Å². The molecule has 5 nitrogen and oxygen atoms in total. The lowest BCUT2D eigenvalue weighted by Gasteiger charge is -2.34. The van der Waals surface area contributed by atoms with Crippen molar-refractivity contribution in [2.75, 3.05) is 33.3 Å². The SMILES string of the molecule is COc1ccccc1CN1CCN(C(=O)c2ccc(C(=O)C(F)(F)F)s2)CC1. The van der Waals surface area contributed by atoms with E-state index in [9.17, 15) is 22.8 Å². The van der Waals surface area contributed by atoms with Gasteiger partial charge in [-0.1, -0.05) is 18.2 Å². The van der Waals surface area contributed by atoms with Crippen molar-refractivity contribution in [3.63, 3.8) is 0 Å². The predicted octanol–water partition coefficient (Wildman–Crippen LogP) is 3.46. The van der Waals surface area contributed by atoms with E-state index in [2.05, 4.69) is 4.90 Å². The van der Waals surface area contributed by atoms with Crippen molar-refractivity contribution in [2.24, 2.45) is 0 Å². The fourth-order valence-electron chi connectivity index (χ4n) is 3.05. The Hall–Kier alpha value is -2.39. The van der Waals surface area contributed by atoms with Crippen LogP contribution in [-0.4, -0.2) is 61.0 Å². The van der Waals surface area contributed by atoms with E-state index < -0.39 is 16.8 Å². The van der Waals surface area contributed by atoms with Gasteiger partial charge in [0.2, 0.25) is 0 Å². The number of hydrogen-bond donors (Lipinski definition) is 0. The molecule has 9 heteroatoms. The first-order valence-electron chi connectivity index (χ1n) is 8.64. The first kappa shape index (κ1) is 20.3. The molecule has 3 rings (SSSR count). The molecule has 0 radical (unpaired) electrons. The Kier molecular flexibility index (Phi) is 6.04. The first-order valence-corrected chi connectivity index (χ1v) is 9.46. The van der Waals surface area contributed by atoms with Crippen LogP contribution in [0.1, 0.15) is 24.9 Å². The zero-order valence-corrected chi connectivity index (χ0v) is 16.0. The van der Waals surface area contributed by atoms with Gasteiger partial charge in [0.05, 0.1) is 16.9 Å². The number of Topliss-reactive ketones (excluding diaryl/α,β-unsaturated/α-hetero) is 1. The Labute approximate surface area is 164 Å². The van der Waals surface area contributed by atoms with E-state index in [1.165, 1.54) is 6.07 Å². The highest BCUT2D eigenvalue weighted by Gasteiger charge is 2.40. The van der Waals surface area contributed by atoms with Crippen LogP contribution < -0.4 is 4.74 Å². The molecule has 1 saturated heterocycles. The van der Waals surface area contributed by atoms with E-state index >= 15 is 0 Å². The zero-order chi connectivity index (χ0) is 20.3. The number of piperazine rings is 1. The van der Waals surface area contributed by atoms with Gasteiger partial charge in [-0.05, 0) is 18.2 Å². The van der Waals surface area contributed by atoms with Crippen molar-refractivity contribution in [2.45, 2.75) is 12.7 Å². The summed E-state index contributed by atoms with van der Waals surface area (Å²) >= 11 is 0.587. The van der Waals surface area contributed by atoms with Crippen LogP contribution in [0.2, 0.25) is 0 Å². The number of carbonyl (C=O) groups excluding carboxylic acids is 2. The number of nitrogens with zero attached hydrogens (tertiary/aromatic N) is 2. The summed E-state index contributed by atoms with van der Waals surface area (Å²) in [6, 6.07) is 10.1. The zero-order valence-electron chi connectivity index (χ0n) is 15.2. The monoisotopic (exact) mass is 412 g/mol. The maximum Gasteiger partial charge on any atom is 0.455 e. The molecule has 0 spiro atoms. The summed E-state index contributed by atoms with van der Waals surface area (Å²) in [7, 11) is 1.62. The van der Waals surface area contributed by atoms with Gasteiger partial charge in [0.1, 0.15) is 5.75 Å². The predicted molar refractivity (Wildman–Crippen MR) is 98.9 cm³/mol. The third kappa shape index (κ3) is 4.53. The number of ketones is 1. The number of methoxy groups -OCH3 is 1. The van der Waals surface area contributed by atoms with Crippen molar-refractivity contribution < 1.29 is 27.5 Å². The minimum Gasteiger partial charge on any atom is -0.496 e. The molecule has 1 aromatic heterocycles. The molecule has 1 aromatic carbocycles. The van der Waals surface area contributed by atoms with Crippen LogP contribution in [-0.2, 0) is 6.54 Å². The highest BCUT2D eigenvalue weighted by molar-refractivity contribution is 7.16. The summed E-state index contributed by atoms with van der Waals surface area (Å²) in [6.45, 7) is 2.91. The average molecular weight is 412 g/mol. The van der Waals surface area contributed by atoms with Gasteiger partial charge in [0, 0.05) is 38.3 Å². The van der Waals surface area contributed by atoms with E-state index in [-0.39, 0.29) is 10.8 Å². The van der Waals surface area contributed by atoms with Crippen molar-refractivity contribution in [3.8, 4) is 5.75 Å². The highest BCUT2D eigenvalue weighted by Crippen LogP contribution is 2.27. The molecule has 150 valence electrons. The maximum atomic E-state index is 12.6. The maximum absolute atomic E-state index is 12.6. The van der Waals surface area contributed by atoms with Gasteiger partial charge in [-0.25, -0.2) is 0 Å². The molecule has 1 aliphatic heterocycles. The molecule has 0 bridgehead atoms. The van der Waals surface area contributed by atoms with Crippen molar-refractivity contribution >= 4 is 23.0 Å². The lowest BCUT2D eigenvalue weighted by molar-refractivity contribution is -0.0882. The van der Waals surface area contributed by atoms with E-state index in [4.69, 9.17) is 4.74 Å². The van der Waals surface area contributed by atoms with Gasteiger partial charge >= 0.3 is 6.18 Å². The number of amides is 1. The molecule has 1 fully saturated rings. The molecule has 2 heterocycles. The second kappa shape index (κ2) is 8.32. The summed E-state index contributed by atoms with van der Waals surface area (Å²) in [5, 5.41) is 0. The van der Waals surface area contributed by atoms with Crippen molar-refractivity contribution in [1.29, 1.82) is 0 Å². The largest absolute Gasteiger partial charge is 0.496 e. The smallest absolute Gasteiger partial charge is 0.455 e. The summed E-state index contributed by atoms with van der Waals surface area (Å²) in [5.41, 5.74) is 1.05. The molecule has 0 atom stereocenters. The molecule has 28 heavy (non-hydrogen) atoms. The van der Waals surface area contributed by atoms with Crippen molar-refractivity contribution in [1.82, 2.24) is 9.80 Å². The Balaban J connectivity index is 1.58. The number of rotatable bonds is 5. The average Bonchev–Trinajstić information content (AvgIpc) is 3.17. The van der Waals surface area contributed by atoms with Crippen LogP contribution in [0.4, 0.5) is 13.2 Å². The molecular weight excluding hydrogens is 393 g/mol. The fraction of sp³-hybridized carbons (Fsp3) is 0.368. The van der Waals surface area contributed by atoms with E-state index in [0.29, 0.717) is 44.1 Å². The number of thiophene rings is 1. The molecule has 0 aliphatic carbocycles. The topological polar surface area (TPSA) is 49.9 Å². The number of ether oxygens (including phenoxy) is 1. The van der Waals surface area contributed by atoms with Crippen molar-refractivity contribution in [3.05, 3.63) is 51.7 Å². The van der Waals surface area contributed by atoms with Crippen LogP contribution in [0, 0.1) is 0 Å². The van der Waals surface area contributed by atoms with Gasteiger partial charge < -0.3 is 9.64 Å². The molecule has 0 N–H and O–H groups in total. The van der Waals surface area contributed by atoms with Gasteiger partial charge in [0.15, 0.2) is 0 Å². The van der Waals surface area contributed by atoms with Crippen LogP contribution in [0.5, 0.6) is 5.75 Å². The van der Waals surface area contributed by atoms with Crippen LogP contribution in [0.25, 0.3) is 0 Å². The highest BCUT2D eigenvalue weighted by atomic mass is 32.1. The minimum absolute atomic E-state index is 0.144. The molecule has 1 aliphatic rings. The summed E-state index contributed by atoms with van der Waals surface area (Å²) in [6.07, 6.45) is -4.94. The van der Waals surface area contributed by atoms with E-state index in [1.54, 1.807) is 12.0 Å². The molecule has 1 amide bonds. The standard InChI is InChI=1S/C19H19F3N2O3S/c1-27-14-5-3-2-4-13(14)12-23-8-10-24(11-9-23)18(26)16-7-6-15(28-16)17(25)19(20,21)22/h2-7H,8-12H2,1H3. The Morgan fingerprint density at radius 3 is 2.32 bits per heavy atom. The third-order valence-electron chi connectivity index (χ3n) is 4.54. The second-order valence-corrected chi connectivity index (χ2v) is 7.45. The van der Waals surface area contributed by atoms with Gasteiger partial charge in [-0.15, -0.1) is 11.3 Å². The van der Waals surface area contributed by atoms with E-state index in [0.717, 1.165) is 17.4 Å². The minimum atomic E-state index is -4.94. The lowest BCUT2D eigenvalue weighted by Crippen LogP contribution is -2.48. The number of hydrogen-bond acceptors (Lipinski definition) is 5. The molecule has 0 unspecified atom stereocenters. The van der Waals surface area contributed by atoms with Crippen LogP contribution >= 0.6 is 11.3 Å². The molecular formula is C19H19F3N2O3S. The Morgan fingerprint density at radius 1 is 1.04 bits per heavy atom. The summed E-state index contributed by atoms with van der Waals surface area (Å²) < 4.78 is 42.9. The Morgan fingerprint density at radius 2 is 1.68 bits per heavy atom. The van der Waals surface area contributed by atoms with Gasteiger partial charge in [-0.2, -0.15) is 13.2 Å². The third-order valence-corrected chi connectivity index (χ3v) is 5.62. The molecule has 2 aromatic rings. The lowest BCUT2D eigenvalue weighted by atomic mass is 10.1. The van der Waals surface area contributed by atoms with Crippen LogP contribution in [0.3, 0.4) is 0 Å². The van der Waals surface area contributed by atoms with E-state index in [1.807, 2.05) is 24.3 Å². The quantitative estimate of drug-likeness (QED) is 0.706. The number of benzene rings is 1. The normalized spacial score (nSPS) is 15.5. The second-order valence-electron chi connectivity index (χ2n) is 6.37. The first-order chi connectivity index (χ1) is 13.3. The van der Waals surface area contributed by atoms with Gasteiger partial charge in [0.25, 0.3) is 11.7 Å². The fourth-order valence-corrected chi connectivity index (χ4v) is 3.99.